The highest BCUT2D eigenvalue weighted by Gasteiger charge is 2.08. The molecule has 0 saturated carbocycles. The van der Waals surface area contributed by atoms with Gasteiger partial charge in [-0.3, -0.25) is 4.99 Å². The Morgan fingerprint density at radius 1 is 0.917 bits per heavy atom. The van der Waals surface area contributed by atoms with E-state index >= 15 is 0 Å². The Balaban J connectivity index is 1.80. The molecule has 1 heterocycles. The van der Waals surface area contributed by atoms with Crippen molar-refractivity contribution in [1.82, 2.24) is 4.57 Å². The van der Waals surface area contributed by atoms with Gasteiger partial charge in [0, 0.05) is 34.6 Å². The third-order valence-electron chi connectivity index (χ3n) is 4.30. The average molecular weight is 316 g/mol. The van der Waals surface area contributed by atoms with Crippen molar-refractivity contribution in [3.8, 4) is 0 Å². The van der Waals surface area contributed by atoms with Gasteiger partial charge in [-0.2, -0.15) is 0 Å². The summed E-state index contributed by atoms with van der Waals surface area (Å²) in [5.74, 6) is -0.247. The zero-order chi connectivity index (χ0) is 16.5. The fourth-order valence-electron chi connectivity index (χ4n) is 3.17. The maximum Gasteiger partial charge on any atom is 0.123 e. The first kappa shape index (κ1) is 14.6. The maximum absolute atomic E-state index is 13.0. The molecule has 3 heteroatoms. The Kier molecular flexibility index (Phi) is 3.62. The highest BCUT2D eigenvalue weighted by Crippen LogP contribution is 2.29. The van der Waals surface area contributed by atoms with E-state index in [4.69, 9.17) is 0 Å². The summed E-state index contributed by atoms with van der Waals surface area (Å²) in [4.78, 5) is 4.43. The van der Waals surface area contributed by atoms with Crippen LogP contribution in [-0.2, 0) is 6.54 Å². The van der Waals surface area contributed by atoms with Gasteiger partial charge < -0.3 is 4.57 Å². The van der Waals surface area contributed by atoms with Crippen molar-refractivity contribution in [1.29, 1.82) is 0 Å². The van der Waals surface area contributed by atoms with Crippen LogP contribution in [0.5, 0.6) is 0 Å². The van der Waals surface area contributed by atoms with E-state index in [1.54, 1.807) is 12.1 Å². The molecule has 24 heavy (non-hydrogen) atoms. The fraction of sp³-hybridized carbons (Fsp3) is 0.0952. The number of benzene rings is 3. The van der Waals surface area contributed by atoms with Crippen molar-refractivity contribution in [3.63, 3.8) is 0 Å². The first-order valence-corrected chi connectivity index (χ1v) is 8.07. The molecule has 2 nitrogen and oxygen atoms in total. The molecule has 0 unspecified atom stereocenters. The van der Waals surface area contributed by atoms with Crippen LogP contribution in [-0.4, -0.2) is 10.8 Å². The number of rotatable bonds is 3. The normalized spacial score (nSPS) is 11.8. The Labute approximate surface area is 139 Å². The van der Waals surface area contributed by atoms with E-state index in [0.29, 0.717) is 0 Å². The molecular formula is C21H17FN2. The highest BCUT2D eigenvalue weighted by molar-refractivity contribution is 6.09. The van der Waals surface area contributed by atoms with Gasteiger partial charge in [-0.25, -0.2) is 4.39 Å². The molecule has 0 atom stereocenters. The summed E-state index contributed by atoms with van der Waals surface area (Å²) < 4.78 is 15.3. The monoisotopic (exact) mass is 316 g/mol. The summed E-state index contributed by atoms with van der Waals surface area (Å²) in [6, 6.07) is 21.0. The number of hydrogen-bond donors (Lipinski definition) is 0. The minimum Gasteiger partial charge on any atom is -0.341 e. The summed E-state index contributed by atoms with van der Waals surface area (Å²) in [5.41, 5.74) is 4.26. The average Bonchev–Trinajstić information content (AvgIpc) is 2.94. The number of aryl methyl sites for hydroxylation is 1. The fourth-order valence-corrected chi connectivity index (χ4v) is 3.17. The lowest BCUT2D eigenvalue weighted by Gasteiger charge is -2.02. The van der Waals surface area contributed by atoms with Crippen LogP contribution in [0.15, 0.2) is 71.7 Å². The van der Waals surface area contributed by atoms with Gasteiger partial charge in [0.15, 0.2) is 0 Å². The molecule has 0 amide bonds. The quantitative estimate of drug-likeness (QED) is 0.431. The van der Waals surface area contributed by atoms with E-state index in [1.807, 2.05) is 6.21 Å². The molecule has 0 aliphatic heterocycles. The van der Waals surface area contributed by atoms with Crippen LogP contribution in [0, 0.1) is 5.82 Å². The topological polar surface area (TPSA) is 17.3 Å². The zero-order valence-corrected chi connectivity index (χ0v) is 13.4. The third kappa shape index (κ3) is 2.48. The van der Waals surface area contributed by atoms with Gasteiger partial charge in [0.1, 0.15) is 5.82 Å². The van der Waals surface area contributed by atoms with Crippen molar-refractivity contribution < 1.29 is 4.39 Å². The van der Waals surface area contributed by atoms with Crippen LogP contribution < -0.4 is 0 Å². The summed E-state index contributed by atoms with van der Waals surface area (Å²) >= 11 is 0. The summed E-state index contributed by atoms with van der Waals surface area (Å²) in [5, 5.41) is 2.49. The molecule has 1 aromatic heterocycles. The first-order valence-electron chi connectivity index (χ1n) is 8.07. The zero-order valence-electron chi connectivity index (χ0n) is 13.4. The van der Waals surface area contributed by atoms with Crippen molar-refractivity contribution in [2.75, 3.05) is 0 Å². The number of hydrogen-bond acceptors (Lipinski definition) is 1. The largest absolute Gasteiger partial charge is 0.341 e. The van der Waals surface area contributed by atoms with E-state index in [-0.39, 0.29) is 5.82 Å². The van der Waals surface area contributed by atoms with Crippen LogP contribution in [0.1, 0.15) is 12.5 Å². The van der Waals surface area contributed by atoms with Gasteiger partial charge in [0.2, 0.25) is 0 Å². The van der Waals surface area contributed by atoms with E-state index < -0.39 is 0 Å². The SMILES string of the molecule is CCn1c2ccccc2c2cc(C=Nc3ccc(F)cc3)ccc21. The lowest BCUT2D eigenvalue weighted by Crippen LogP contribution is -1.92. The number of halogens is 1. The molecule has 0 aliphatic carbocycles. The van der Waals surface area contributed by atoms with Gasteiger partial charge in [-0.15, -0.1) is 0 Å². The molecule has 0 spiro atoms. The molecule has 0 saturated heterocycles. The van der Waals surface area contributed by atoms with Crippen molar-refractivity contribution in [2.24, 2.45) is 4.99 Å². The highest BCUT2D eigenvalue weighted by atomic mass is 19.1. The second-order valence-electron chi connectivity index (χ2n) is 5.77. The summed E-state index contributed by atoms with van der Waals surface area (Å²) in [6.45, 7) is 3.10. The van der Waals surface area contributed by atoms with Gasteiger partial charge in [-0.05, 0) is 55.0 Å². The van der Waals surface area contributed by atoms with Crippen LogP contribution >= 0.6 is 0 Å². The van der Waals surface area contributed by atoms with E-state index in [0.717, 1.165) is 17.8 Å². The predicted molar refractivity (Wildman–Crippen MR) is 98.8 cm³/mol. The lowest BCUT2D eigenvalue weighted by molar-refractivity contribution is 0.628. The number of nitrogens with zero attached hydrogens (tertiary/aromatic N) is 2. The molecule has 0 N–H and O–H groups in total. The van der Waals surface area contributed by atoms with Gasteiger partial charge in [0.25, 0.3) is 0 Å². The number of fused-ring (bicyclic) bond motifs is 3. The summed E-state index contributed by atoms with van der Waals surface area (Å²) in [6.07, 6.45) is 1.82. The maximum atomic E-state index is 13.0. The van der Waals surface area contributed by atoms with E-state index in [1.165, 1.54) is 33.9 Å². The Bertz CT molecular complexity index is 1040. The molecule has 0 bridgehead atoms. The molecule has 0 aliphatic rings. The van der Waals surface area contributed by atoms with Gasteiger partial charge in [-0.1, -0.05) is 24.3 Å². The minimum atomic E-state index is -0.247. The van der Waals surface area contributed by atoms with Gasteiger partial charge >= 0.3 is 0 Å². The molecule has 4 rings (SSSR count). The van der Waals surface area contributed by atoms with Crippen LogP contribution in [0.3, 0.4) is 0 Å². The molecular weight excluding hydrogens is 299 g/mol. The van der Waals surface area contributed by atoms with Crippen LogP contribution in [0.2, 0.25) is 0 Å². The standard InChI is InChI=1S/C21H17FN2/c1-2-24-20-6-4-3-5-18(20)19-13-15(7-12-21(19)24)14-23-17-10-8-16(22)9-11-17/h3-14H,2H2,1H3. The number of aliphatic imine (C=N–C) groups is 1. The van der Waals surface area contributed by atoms with E-state index in [9.17, 15) is 4.39 Å². The van der Waals surface area contributed by atoms with E-state index in [2.05, 4.69) is 58.9 Å². The Morgan fingerprint density at radius 3 is 2.46 bits per heavy atom. The third-order valence-corrected chi connectivity index (χ3v) is 4.30. The van der Waals surface area contributed by atoms with Crippen molar-refractivity contribution >= 4 is 33.7 Å². The molecule has 4 aromatic rings. The Hall–Kier alpha value is -2.94. The summed E-state index contributed by atoms with van der Waals surface area (Å²) in [7, 11) is 0. The number of para-hydroxylation sites is 1. The second-order valence-corrected chi connectivity index (χ2v) is 5.77. The molecule has 0 fully saturated rings. The van der Waals surface area contributed by atoms with Crippen molar-refractivity contribution in [3.05, 3.63) is 78.1 Å². The van der Waals surface area contributed by atoms with Crippen molar-refractivity contribution in [2.45, 2.75) is 13.5 Å². The number of aromatic nitrogens is 1. The van der Waals surface area contributed by atoms with Gasteiger partial charge in [0.05, 0.1) is 5.69 Å². The smallest absolute Gasteiger partial charge is 0.123 e. The minimum absolute atomic E-state index is 0.247. The first-order chi connectivity index (χ1) is 11.8. The molecule has 3 aromatic carbocycles. The Morgan fingerprint density at radius 2 is 1.67 bits per heavy atom. The predicted octanol–water partition coefficient (Wildman–Crippen LogP) is 5.70. The van der Waals surface area contributed by atoms with Crippen LogP contribution in [0.4, 0.5) is 10.1 Å². The second kappa shape index (κ2) is 5.93. The molecule has 0 radical (unpaired) electrons. The lowest BCUT2D eigenvalue weighted by atomic mass is 10.1. The van der Waals surface area contributed by atoms with Crippen LogP contribution in [0.25, 0.3) is 21.8 Å². The molecule has 118 valence electrons.